The minimum atomic E-state index is -0.525. The zero-order chi connectivity index (χ0) is 11.3. The van der Waals surface area contributed by atoms with E-state index >= 15 is 0 Å². The number of rotatable bonds is 3. The summed E-state index contributed by atoms with van der Waals surface area (Å²) in [6.45, 7) is 1.98. The maximum atomic E-state index is 11.4. The standard InChI is InChI=1S/C9H9N3O2S/c1-2-14-8(13)7-6(4-3-5-10)15-9(11)12-7/h3-4H,2H2,1H3,(H2,11,12). The van der Waals surface area contributed by atoms with Crippen LogP contribution in [0.15, 0.2) is 6.08 Å². The number of nitrogen functional groups attached to an aromatic ring is 1. The number of nitriles is 1. The molecule has 0 fully saturated rings. The molecule has 0 bridgehead atoms. The van der Waals surface area contributed by atoms with E-state index in [0.717, 1.165) is 11.3 Å². The van der Waals surface area contributed by atoms with Crippen LogP contribution in [0.1, 0.15) is 22.3 Å². The molecule has 0 saturated carbocycles. The lowest BCUT2D eigenvalue weighted by Gasteiger charge is -1.97. The molecule has 0 aliphatic carbocycles. The second-order valence-electron chi connectivity index (χ2n) is 2.45. The molecule has 0 unspecified atom stereocenters. The van der Waals surface area contributed by atoms with Gasteiger partial charge in [0.25, 0.3) is 0 Å². The second-order valence-corrected chi connectivity index (χ2v) is 3.51. The summed E-state index contributed by atoms with van der Waals surface area (Å²) in [6.07, 6.45) is 2.75. The van der Waals surface area contributed by atoms with Crippen molar-refractivity contribution in [1.29, 1.82) is 5.26 Å². The Morgan fingerprint density at radius 3 is 3.13 bits per heavy atom. The van der Waals surface area contributed by atoms with Gasteiger partial charge in [0.2, 0.25) is 0 Å². The van der Waals surface area contributed by atoms with Crippen LogP contribution in [-0.4, -0.2) is 17.6 Å². The summed E-state index contributed by atoms with van der Waals surface area (Å²) < 4.78 is 4.79. The Morgan fingerprint density at radius 1 is 1.80 bits per heavy atom. The fourth-order valence-corrected chi connectivity index (χ4v) is 1.64. The van der Waals surface area contributed by atoms with Gasteiger partial charge in [-0.2, -0.15) is 5.26 Å². The normalized spacial score (nSPS) is 10.1. The molecule has 0 radical (unpaired) electrons. The zero-order valence-electron chi connectivity index (χ0n) is 8.06. The minimum absolute atomic E-state index is 0.158. The number of esters is 1. The van der Waals surface area contributed by atoms with Gasteiger partial charge in [-0.15, -0.1) is 0 Å². The Morgan fingerprint density at radius 2 is 2.53 bits per heavy atom. The average molecular weight is 223 g/mol. The molecular formula is C9H9N3O2S. The van der Waals surface area contributed by atoms with Crippen molar-refractivity contribution in [2.45, 2.75) is 6.92 Å². The van der Waals surface area contributed by atoms with E-state index in [-0.39, 0.29) is 17.4 Å². The van der Waals surface area contributed by atoms with Gasteiger partial charge in [-0.1, -0.05) is 11.3 Å². The molecule has 0 saturated heterocycles. The first-order valence-electron chi connectivity index (χ1n) is 4.18. The lowest BCUT2D eigenvalue weighted by molar-refractivity contribution is 0.0520. The van der Waals surface area contributed by atoms with Gasteiger partial charge in [-0.3, -0.25) is 0 Å². The van der Waals surface area contributed by atoms with Crippen molar-refractivity contribution in [1.82, 2.24) is 4.98 Å². The van der Waals surface area contributed by atoms with Gasteiger partial charge in [0.1, 0.15) is 0 Å². The van der Waals surface area contributed by atoms with Crippen molar-refractivity contribution >= 4 is 28.5 Å². The van der Waals surface area contributed by atoms with Crippen molar-refractivity contribution in [2.75, 3.05) is 12.3 Å². The van der Waals surface area contributed by atoms with Crippen LogP contribution in [0.3, 0.4) is 0 Å². The van der Waals surface area contributed by atoms with Gasteiger partial charge >= 0.3 is 5.97 Å². The highest BCUT2D eigenvalue weighted by Crippen LogP contribution is 2.22. The predicted molar refractivity (Wildman–Crippen MR) is 57.1 cm³/mol. The number of anilines is 1. The van der Waals surface area contributed by atoms with Crippen molar-refractivity contribution in [3.05, 3.63) is 16.6 Å². The highest BCUT2D eigenvalue weighted by atomic mass is 32.1. The number of hydrogen-bond acceptors (Lipinski definition) is 6. The topological polar surface area (TPSA) is 89.0 Å². The van der Waals surface area contributed by atoms with Gasteiger partial charge < -0.3 is 10.5 Å². The predicted octanol–water partition coefficient (Wildman–Crippen LogP) is 1.44. The zero-order valence-corrected chi connectivity index (χ0v) is 8.87. The van der Waals surface area contributed by atoms with Crippen LogP contribution in [0, 0.1) is 11.3 Å². The molecule has 5 nitrogen and oxygen atoms in total. The van der Waals surface area contributed by atoms with Crippen LogP contribution in [0.5, 0.6) is 0 Å². The first-order chi connectivity index (χ1) is 7.19. The lowest BCUT2D eigenvalue weighted by atomic mass is 10.3. The van der Waals surface area contributed by atoms with E-state index in [2.05, 4.69) is 4.98 Å². The van der Waals surface area contributed by atoms with E-state index in [1.54, 1.807) is 6.92 Å². The van der Waals surface area contributed by atoms with E-state index in [1.165, 1.54) is 12.2 Å². The SMILES string of the molecule is CCOC(=O)c1nc(N)sc1C=CC#N. The molecule has 78 valence electrons. The van der Waals surface area contributed by atoms with E-state index in [9.17, 15) is 4.79 Å². The van der Waals surface area contributed by atoms with Gasteiger partial charge in [0, 0.05) is 6.08 Å². The number of hydrogen-bond donors (Lipinski definition) is 1. The molecule has 1 aromatic rings. The molecule has 1 heterocycles. The maximum absolute atomic E-state index is 11.4. The number of allylic oxidation sites excluding steroid dienone is 1. The Kier molecular flexibility index (Phi) is 3.83. The third-order valence-corrected chi connectivity index (χ3v) is 2.30. The molecule has 0 aliphatic rings. The van der Waals surface area contributed by atoms with Crippen molar-refractivity contribution in [2.24, 2.45) is 0 Å². The number of aromatic nitrogens is 1. The van der Waals surface area contributed by atoms with Gasteiger partial charge in [0.05, 0.1) is 17.6 Å². The average Bonchev–Trinajstić information content (AvgIpc) is 2.57. The van der Waals surface area contributed by atoms with E-state index in [1.807, 2.05) is 6.07 Å². The Balaban J connectivity index is 3.01. The molecule has 1 rings (SSSR count). The Hall–Kier alpha value is -1.87. The molecule has 1 aromatic heterocycles. The monoisotopic (exact) mass is 223 g/mol. The van der Waals surface area contributed by atoms with Gasteiger partial charge in [-0.25, -0.2) is 9.78 Å². The number of nitrogens with two attached hydrogens (primary N) is 1. The summed E-state index contributed by atoms with van der Waals surface area (Å²) in [5.41, 5.74) is 5.63. The number of nitrogens with zero attached hydrogens (tertiary/aromatic N) is 2. The summed E-state index contributed by atoms with van der Waals surface area (Å²) in [5.74, 6) is -0.525. The molecule has 0 aliphatic heterocycles. The summed E-state index contributed by atoms with van der Waals surface area (Å²) in [5, 5.41) is 8.64. The fourth-order valence-electron chi connectivity index (χ4n) is 0.921. The third kappa shape index (κ3) is 2.79. The lowest BCUT2D eigenvalue weighted by Crippen LogP contribution is -2.06. The fraction of sp³-hybridized carbons (Fsp3) is 0.222. The molecule has 0 amide bonds. The molecule has 6 heteroatoms. The van der Waals surface area contributed by atoms with Crippen LogP contribution in [0.2, 0.25) is 0 Å². The second kappa shape index (κ2) is 5.12. The summed E-state index contributed by atoms with van der Waals surface area (Å²) in [7, 11) is 0. The number of carbonyl (C=O) groups excluding carboxylic acids is 1. The highest BCUT2D eigenvalue weighted by molar-refractivity contribution is 7.16. The van der Waals surface area contributed by atoms with Crippen LogP contribution >= 0.6 is 11.3 Å². The third-order valence-electron chi connectivity index (χ3n) is 1.45. The number of thiazole rings is 1. The van der Waals surface area contributed by atoms with Crippen LogP contribution in [0.4, 0.5) is 5.13 Å². The first-order valence-corrected chi connectivity index (χ1v) is 5.00. The Labute approximate surface area is 90.8 Å². The quantitative estimate of drug-likeness (QED) is 0.618. The molecule has 2 N–H and O–H groups in total. The van der Waals surface area contributed by atoms with Crippen LogP contribution in [0.25, 0.3) is 6.08 Å². The van der Waals surface area contributed by atoms with E-state index in [0.29, 0.717) is 4.88 Å². The van der Waals surface area contributed by atoms with Crippen molar-refractivity contribution < 1.29 is 9.53 Å². The molecule has 0 atom stereocenters. The van der Waals surface area contributed by atoms with Crippen LogP contribution in [-0.2, 0) is 4.74 Å². The first kappa shape index (κ1) is 11.2. The van der Waals surface area contributed by atoms with Crippen LogP contribution < -0.4 is 5.73 Å². The maximum Gasteiger partial charge on any atom is 0.358 e. The Bertz CT molecular complexity index is 431. The highest BCUT2D eigenvalue weighted by Gasteiger charge is 2.16. The molecule has 0 aromatic carbocycles. The van der Waals surface area contributed by atoms with Crippen molar-refractivity contribution in [3.63, 3.8) is 0 Å². The minimum Gasteiger partial charge on any atom is -0.461 e. The molecule has 0 spiro atoms. The van der Waals surface area contributed by atoms with Crippen molar-refractivity contribution in [3.8, 4) is 6.07 Å². The number of ether oxygens (including phenoxy) is 1. The van der Waals surface area contributed by atoms with E-state index in [4.69, 9.17) is 15.7 Å². The molecule has 15 heavy (non-hydrogen) atoms. The largest absolute Gasteiger partial charge is 0.461 e. The summed E-state index contributed by atoms with van der Waals surface area (Å²) >= 11 is 1.14. The number of carbonyl (C=O) groups is 1. The summed E-state index contributed by atoms with van der Waals surface area (Å²) in [4.78, 5) is 15.8. The van der Waals surface area contributed by atoms with Gasteiger partial charge in [-0.05, 0) is 13.0 Å². The summed E-state index contributed by atoms with van der Waals surface area (Å²) in [6, 6.07) is 1.83. The molecular weight excluding hydrogens is 214 g/mol. The van der Waals surface area contributed by atoms with E-state index < -0.39 is 5.97 Å². The smallest absolute Gasteiger partial charge is 0.358 e. The van der Waals surface area contributed by atoms with Gasteiger partial charge in [0.15, 0.2) is 10.8 Å².